The summed E-state index contributed by atoms with van der Waals surface area (Å²) in [6.45, 7) is 3.23. The van der Waals surface area contributed by atoms with Gasteiger partial charge in [-0.1, -0.05) is 13.3 Å². The van der Waals surface area contributed by atoms with Gasteiger partial charge in [0.15, 0.2) is 11.6 Å². The molecule has 0 aliphatic carbocycles. The molecule has 0 saturated carbocycles. The predicted molar refractivity (Wildman–Crippen MR) is 101 cm³/mol. The summed E-state index contributed by atoms with van der Waals surface area (Å²) in [4.78, 5) is 4.51. The maximum absolute atomic E-state index is 13.2. The molecule has 0 fully saturated rings. The van der Waals surface area contributed by atoms with Crippen molar-refractivity contribution in [3.63, 3.8) is 0 Å². The van der Waals surface area contributed by atoms with Crippen LogP contribution in [0.4, 0.5) is 4.39 Å². The zero-order valence-electron chi connectivity index (χ0n) is 15.0. The molecule has 0 spiro atoms. The molecule has 2 N–H and O–H groups in total. The normalized spacial score (nSPS) is 11.3. The molecule has 2 aromatic heterocycles. The number of unbranched alkanes of at least 4 members (excludes halogenated alkanes) is 1. The van der Waals surface area contributed by atoms with Gasteiger partial charge in [0.25, 0.3) is 0 Å². The Morgan fingerprint density at radius 1 is 1.00 bits per heavy atom. The molecule has 0 aliphatic heterocycles. The number of rotatable bonds is 7. The van der Waals surface area contributed by atoms with Crippen LogP contribution in [-0.2, 0) is 11.3 Å². The van der Waals surface area contributed by atoms with E-state index in [0.29, 0.717) is 24.9 Å². The molecule has 0 aliphatic rings. The van der Waals surface area contributed by atoms with Crippen LogP contribution in [0.25, 0.3) is 33.5 Å². The van der Waals surface area contributed by atoms with Gasteiger partial charge in [-0.25, -0.2) is 9.37 Å². The van der Waals surface area contributed by atoms with Gasteiger partial charge in [0.2, 0.25) is 0 Å². The maximum atomic E-state index is 13.2. The number of aromatic amines is 2. The van der Waals surface area contributed by atoms with Gasteiger partial charge in [-0.3, -0.25) is 10.2 Å². The number of aromatic nitrogens is 5. The Hall–Kier alpha value is -3.06. The van der Waals surface area contributed by atoms with Crippen molar-refractivity contribution in [3.8, 4) is 22.6 Å². The second kappa shape index (κ2) is 7.67. The highest BCUT2D eigenvalue weighted by molar-refractivity contribution is 5.95. The summed E-state index contributed by atoms with van der Waals surface area (Å²) in [5, 5.41) is 15.5. The average molecular weight is 365 g/mol. The van der Waals surface area contributed by atoms with Crippen LogP contribution in [0, 0.1) is 5.82 Å². The number of ether oxygens (including phenoxy) is 1. The van der Waals surface area contributed by atoms with Crippen molar-refractivity contribution < 1.29 is 9.13 Å². The molecule has 27 heavy (non-hydrogen) atoms. The van der Waals surface area contributed by atoms with E-state index in [1.165, 1.54) is 12.1 Å². The minimum Gasteiger partial charge on any atom is -0.373 e. The lowest BCUT2D eigenvalue weighted by molar-refractivity contribution is 0.113. The van der Waals surface area contributed by atoms with Gasteiger partial charge in [-0.15, -0.1) is 0 Å². The SMILES string of the molecule is CCCCOCc1n[nH]c(-c2ccc3[nH]nc(-c4ccc(F)cc4)c3c2)n1. The fourth-order valence-corrected chi connectivity index (χ4v) is 2.89. The van der Waals surface area contributed by atoms with Crippen molar-refractivity contribution in [2.24, 2.45) is 0 Å². The van der Waals surface area contributed by atoms with Gasteiger partial charge in [0.1, 0.15) is 12.4 Å². The van der Waals surface area contributed by atoms with Crippen molar-refractivity contribution in [2.75, 3.05) is 6.61 Å². The first-order valence-corrected chi connectivity index (χ1v) is 8.98. The number of hydrogen-bond donors (Lipinski definition) is 2. The lowest BCUT2D eigenvalue weighted by Crippen LogP contribution is -1.96. The summed E-state index contributed by atoms with van der Waals surface area (Å²) in [6, 6.07) is 12.2. The van der Waals surface area contributed by atoms with Crippen LogP contribution in [0.3, 0.4) is 0 Å². The fourth-order valence-electron chi connectivity index (χ4n) is 2.89. The van der Waals surface area contributed by atoms with Crippen molar-refractivity contribution in [1.82, 2.24) is 25.4 Å². The van der Waals surface area contributed by atoms with Crippen LogP contribution in [-0.4, -0.2) is 32.0 Å². The third kappa shape index (κ3) is 3.73. The van der Waals surface area contributed by atoms with Crippen molar-refractivity contribution in [2.45, 2.75) is 26.4 Å². The number of halogens is 1. The highest BCUT2D eigenvalue weighted by Crippen LogP contribution is 2.29. The van der Waals surface area contributed by atoms with Gasteiger partial charge in [-0.05, 0) is 48.9 Å². The summed E-state index contributed by atoms with van der Waals surface area (Å²) in [6.07, 6.45) is 2.13. The Bertz CT molecular complexity index is 1040. The van der Waals surface area contributed by atoms with E-state index < -0.39 is 0 Å². The molecule has 0 bridgehead atoms. The molecule has 4 rings (SSSR count). The van der Waals surface area contributed by atoms with Crippen LogP contribution in [0.5, 0.6) is 0 Å². The highest BCUT2D eigenvalue weighted by Gasteiger charge is 2.12. The maximum Gasteiger partial charge on any atom is 0.176 e. The second-order valence-corrected chi connectivity index (χ2v) is 6.35. The molecule has 2 heterocycles. The minimum atomic E-state index is -0.269. The Kier molecular flexibility index (Phi) is 4.93. The Morgan fingerprint density at radius 2 is 1.81 bits per heavy atom. The van der Waals surface area contributed by atoms with Gasteiger partial charge in [-0.2, -0.15) is 10.2 Å². The molecule has 0 saturated heterocycles. The first kappa shape index (κ1) is 17.4. The zero-order chi connectivity index (χ0) is 18.6. The molecule has 7 heteroatoms. The molecule has 0 atom stereocenters. The summed E-state index contributed by atoms with van der Waals surface area (Å²) in [7, 11) is 0. The van der Waals surface area contributed by atoms with Crippen LogP contribution in [0.15, 0.2) is 42.5 Å². The molecule has 0 amide bonds. The van der Waals surface area contributed by atoms with E-state index in [9.17, 15) is 4.39 Å². The first-order valence-electron chi connectivity index (χ1n) is 8.98. The largest absolute Gasteiger partial charge is 0.373 e. The van der Waals surface area contributed by atoms with Crippen LogP contribution in [0.1, 0.15) is 25.6 Å². The molecule has 0 radical (unpaired) electrons. The van der Waals surface area contributed by atoms with Gasteiger partial charge in [0, 0.05) is 23.1 Å². The highest BCUT2D eigenvalue weighted by atomic mass is 19.1. The second-order valence-electron chi connectivity index (χ2n) is 6.35. The lowest BCUT2D eigenvalue weighted by Gasteiger charge is -2.00. The number of nitrogens with zero attached hydrogens (tertiary/aromatic N) is 3. The number of nitrogens with one attached hydrogen (secondary N) is 2. The zero-order valence-corrected chi connectivity index (χ0v) is 15.0. The van der Waals surface area contributed by atoms with Gasteiger partial charge >= 0.3 is 0 Å². The lowest BCUT2D eigenvalue weighted by atomic mass is 10.1. The molecule has 0 unspecified atom stereocenters. The van der Waals surface area contributed by atoms with Gasteiger partial charge < -0.3 is 4.74 Å². The third-order valence-corrected chi connectivity index (χ3v) is 4.36. The van der Waals surface area contributed by atoms with E-state index in [4.69, 9.17) is 4.74 Å². The number of hydrogen-bond acceptors (Lipinski definition) is 4. The van der Waals surface area contributed by atoms with E-state index >= 15 is 0 Å². The Balaban J connectivity index is 1.61. The minimum absolute atomic E-state index is 0.269. The van der Waals surface area contributed by atoms with Gasteiger partial charge in [0.05, 0.1) is 11.2 Å². The molecular weight excluding hydrogens is 345 g/mol. The van der Waals surface area contributed by atoms with E-state index in [-0.39, 0.29) is 5.82 Å². The van der Waals surface area contributed by atoms with Crippen molar-refractivity contribution in [3.05, 3.63) is 54.1 Å². The monoisotopic (exact) mass is 365 g/mol. The van der Waals surface area contributed by atoms with E-state index in [1.807, 2.05) is 18.2 Å². The fraction of sp³-hybridized carbons (Fsp3) is 0.250. The number of H-pyrrole nitrogens is 2. The standard InChI is InChI=1S/C20H20FN5O/c1-2-3-10-27-12-18-22-20(26-24-18)14-6-9-17-16(11-14)19(25-23-17)13-4-7-15(21)8-5-13/h4-9,11H,2-3,10,12H2,1H3,(H,23,25)(H,22,24,26). The van der Waals surface area contributed by atoms with Crippen LogP contribution in [0.2, 0.25) is 0 Å². The smallest absolute Gasteiger partial charge is 0.176 e. The van der Waals surface area contributed by atoms with Crippen molar-refractivity contribution >= 4 is 10.9 Å². The quantitative estimate of drug-likeness (QED) is 0.474. The molecular formula is C20H20FN5O. The Morgan fingerprint density at radius 3 is 2.63 bits per heavy atom. The summed E-state index contributed by atoms with van der Waals surface area (Å²) >= 11 is 0. The molecule has 138 valence electrons. The summed E-state index contributed by atoms with van der Waals surface area (Å²) in [5.41, 5.74) is 3.43. The topological polar surface area (TPSA) is 79.5 Å². The van der Waals surface area contributed by atoms with Crippen LogP contribution >= 0.6 is 0 Å². The van der Waals surface area contributed by atoms with E-state index in [2.05, 4.69) is 32.3 Å². The van der Waals surface area contributed by atoms with E-state index in [0.717, 1.165) is 40.6 Å². The average Bonchev–Trinajstić information content (AvgIpc) is 3.32. The number of benzene rings is 2. The first-order chi connectivity index (χ1) is 13.2. The Labute approximate surface area is 155 Å². The van der Waals surface area contributed by atoms with Crippen molar-refractivity contribution in [1.29, 1.82) is 0 Å². The molecule has 2 aromatic carbocycles. The van der Waals surface area contributed by atoms with Crippen LogP contribution < -0.4 is 0 Å². The summed E-state index contributed by atoms with van der Waals surface area (Å²) in [5.74, 6) is 1.04. The molecule has 6 nitrogen and oxygen atoms in total. The molecule has 4 aromatic rings. The number of fused-ring (bicyclic) bond motifs is 1. The van der Waals surface area contributed by atoms with E-state index in [1.54, 1.807) is 12.1 Å². The summed E-state index contributed by atoms with van der Waals surface area (Å²) < 4.78 is 18.8. The predicted octanol–water partition coefficient (Wildman–Crippen LogP) is 4.47. The third-order valence-electron chi connectivity index (χ3n) is 4.36.